The topological polar surface area (TPSA) is 86.5 Å². The molecule has 0 aliphatic rings. The van der Waals surface area contributed by atoms with Crippen molar-refractivity contribution in [2.24, 2.45) is 0 Å². The van der Waals surface area contributed by atoms with Crippen molar-refractivity contribution in [2.75, 3.05) is 6.61 Å². The Bertz CT molecular complexity index is 838. The summed E-state index contributed by atoms with van der Waals surface area (Å²) in [6.45, 7) is -0.573. The van der Waals surface area contributed by atoms with Crippen LogP contribution in [0.25, 0.3) is 0 Å². The van der Waals surface area contributed by atoms with Crippen LogP contribution < -0.4 is 0 Å². The maximum absolute atomic E-state index is 12.0. The number of hydrogen-bond donors (Lipinski definition) is 0. The molecule has 0 saturated carbocycles. The molecule has 2 rings (SSSR count). The van der Waals surface area contributed by atoms with Gasteiger partial charge >= 0.3 is 5.97 Å². The molecule has 24 heavy (non-hydrogen) atoms. The first-order valence-electron chi connectivity index (χ1n) is 6.39. The van der Waals surface area contributed by atoms with E-state index in [0.717, 1.165) is 6.07 Å². The molecule has 0 radical (unpaired) electrons. The van der Waals surface area contributed by atoms with E-state index in [-0.39, 0.29) is 21.2 Å². The normalized spacial score (nSPS) is 10.3. The fraction of sp³-hybridized carbons (Fsp3) is 0.0667. The molecule has 0 bridgehead atoms. The standard InChI is InChI=1S/C15H8Cl3NO5/c16-9-2-3-10(12(18)6-9)14(20)7-24-15(21)8-1-4-11(17)13(5-8)19(22)23/h1-6H,7H2. The van der Waals surface area contributed by atoms with E-state index >= 15 is 0 Å². The monoisotopic (exact) mass is 387 g/mol. The van der Waals surface area contributed by atoms with E-state index in [1.165, 1.54) is 30.3 Å². The summed E-state index contributed by atoms with van der Waals surface area (Å²) in [7, 11) is 0. The molecule has 0 amide bonds. The van der Waals surface area contributed by atoms with Gasteiger partial charge in [0.2, 0.25) is 5.78 Å². The van der Waals surface area contributed by atoms with Gasteiger partial charge in [0.1, 0.15) is 5.02 Å². The van der Waals surface area contributed by atoms with Gasteiger partial charge in [0.15, 0.2) is 6.61 Å². The molecule has 6 nitrogen and oxygen atoms in total. The average molecular weight is 389 g/mol. The van der Waals surface area contributed by atoms with Gasteiger partial charge in [-0.15, -0.1) is 0 Å². The molecule has 124 valence electrons. The lowest BCUT2D eigenvalue weighted by atomic mass is 10.1. The second kappa shape index (κ2) is 7.61. The van der Waals surface area contributed by atoms with Gasteiger partial charge in [-0.3, -0.25) is 14.9 Å². The summed E-state index contributed by atoms with van der Waals surface area (Å²) in [6, 6.07) is 7.72. The summed E-state index contributed by atoms with van der Waals surface area (Å²) in [6.07, 6.45) is 0. The van der Waals surface area contributed by atoms with E-state index in [1.807, 2.05) is 0 Å². The van der Waals surface area contributed by atoms with Gasteiger partial charge < -0.3 is 4.74 Å². The third kappa shape index (κ3) is 4.23. The first-order valence-corrected chi connectivity index (χ1v) is 7.52. The number of Topliss-reactive ketones (excluding diaryl/α,β-unsaturated/α-hetero) is 1. The Kier molecular flexibility index (Phi) is 5.77. The highest BCUT2D eigenvalue weighted by atomic mass is 35.5. The lowest BCUT2D eigenvalue weighted by Crippen LogP contribution is -2.14. The molecule has 9 heteroatoms. The molecule has 0 N–H and O–H groups in total. The lowest BCUT2D eigenvalue weighted by Gasteiger charge is -2.06. The summed E-state index contributed by atoms with van der Waals surface area (Å²) in [5.74, 6) is -1.43. The summed E-state index contributed by atoms with van der Waals surface area (Å²) in [5, 5.41) is 11.2. The number of carbonyl (C=O) groups is 2. The summed E-state index contributed by atoms with van der Waals surface area (Å²) < 4.78 is 4.86. The molecule has 0 saturated heterocycles. The average Bonchev–Trinajstić information content (AvgIpc) is 2.52. The first-order chi connectivity index (χ1) is 11.3. The SMILES string of the molecule is O=C(OCC(=O)c1ccc(Cl)cc1Cl)c1ccc(Cl)c([N+](=O)[O-])c1. The van der Waals surface area contributed by atoms with Gasteiger partial charge in [-0.2, -0.15) is 0 Å². The van der Waals surface area contributed by atoms with Crippen LogP contribution >= 0.6 is 34.8 Å². The zero-order chi connectivity index (χ0) is 17.9. The minimum absolute atomic E-state index is 0.0962. The highest BCUT2D eigenvalue weighted by molar-refractivity contribution is 6.37. The number of rotatable bonds is 5. The Balaban J connectivity index is 2.09. The van der Waals surface area contributed by atoms with Crippen molar-refractivity contribution in [3.63, 3.8) is 0 Å². The molecule has 0 unspecified atom stereocenters. The van der Waals surface area contributed by atoms with Crippen LogP contribution in [0.1, 0.15) is 20.7 Å². The Labute approximate surface area is 151 Å². The highest BCUT2D eigenvalue weighted by Crippen LogP contribution is 2.25. The molecular weight excluding hydrogens is 381 g/mol. The zero-order valence-electron chi connectivity index (χ0n) is 11.8. The smallest absolute Gasteiger partial charge is 0.338 e. The largest absolute Gasteiger partial charge is 0.454 e. The van der Waals surface area contributed by atoms with Gasteiger partial charge in [0.05, 0.1) is 15.5 Å². The summed E-state index contributed by atoms with van der Waals surface area (Å²) in [5.41, 5.74) is -0.379. The predicted molar refractivity (Wildman–Crippen MR) is 89.2 cm³/mol. The lowest BCUT2D eigenvalue weighted by molar-refractivity contribution is -0.384. The highest BCUT2D eigenvalue weighted by Gasteiger charge is 2.19. The van der Waals surface area contributed by atoms with E-state index in [0.29, 0.717) is 5.02 Å². The van der Waals surface area contributed by atoms with E-state index < -0.39 is 29.0 Å². The number of ketones is 1. The maximum atomic E-state index is 12.0. The number of nitro benzene ring substituents is 1. The number of nitro groups is 1. The molecule has 0 aromatic heterocycles. The first kappa shape index (κ1) is 18.2. The molecule has 0 spiro atoms. The maximum Gasteiger partial charge on any atom is 0.338 e. The van der Waals surface area contributed by atoms with Crippen molar-refractivity contribution >= 4 is 52.2 Å². The third-order valence-corrected chi connectivity index (χ3v) is 3.81. The number of nitrogens with zero attached hydrogens (tertiary/aromatic N) is 1. The Morgan fingerprint density at radius 1 is 1.04 bits per heavy atom. The summed E-state index contributed by atoms with van der Waals surface area (Å²) >= 11 is 17.3. The number of ether oxygens (including phenoxy) is 1. The molecule has 0 aliphatic heterocycles. The second-order valence-electron chi connectivity index (χ2n) is 4.55. The van der Waals surface area contributed by atoms with Crippen LogP contribution in [0.2, 0.25) is 15.1 Å². The van der Waals surface area contributed by atoms with Crippen LogP contribution in [0.3, 0.4) is 0 Å². The van der Waals surface area contributed by atoms with Gasteiger partial charge in [-0.1, -0.05) is 34.8 Å². The van der Waals surface area contributed by atoms with Gasteiger partial charge in [-0.25, -0.2) is 4.79 Å². The fourth-order valence-electron chi connectivity index (χ4n) is 1.79. The summed E-state index contributed by atoms with van der Waals surface area (Å²) in [4.78, 5) is 34.0. The number of esters is 1. The van der Waals surface area contributed by atoms with Gasteiger partial charge in [0.25, 0.3) is 5.69 Å². The van der Waals surface area contributed by atoms with Crippen molar-refractivity contribution in [3.05, 3.63) is 72.7 Å². The Morgan fingerprint density at radius 3 is 2.38 bits per heavy atom. The van der Waals surface area contributed by atoms with Crippen molar-refractivity contribution < 1.29 is 19.2 Å². The quantitative estimate of drug-likeness (QED) is 0.323. The number of halogens is 3. The molecule has 2 aromatic rings. The molecule has 0 heterocycles. The number of carbonyl (C=O) groups excluding carboxylic acids is 2. The van der Waals surface area contributed by atoms with Crippen LogP contribution in [0.5, 0.6) is 0 Å². The van der Waals surface area contributed by atoms with Crippen LogP contribution in [0.4, 0.5) is 5.69 Å². The van der Waals surface area contributed by atoms with Crippen molar-refractivity contribution in [3.8, 4) is 0 Å². The van der Waals surface area contributed by atoms with Crippen molar-refractivity contribution in [1.29, 1.82) is 0 Å². The van der Waals surface area contributed by atoms with Crippen LogP contribution in [-0.2, 0) is 4.74 Å². The third-order valence-electron chi connectivity index (χ3n) is 2.94. The molecular formula is C15H8Cl3NO5. The van der Waals surface area contributed by atoms with E-state index in [2.05, 4.69) is 0 Å². The second-order valence-corrected chi connectivity index (χ2v) is 5.80. The minimum atomic E-state index is -0.895. The molecule has 0 atom stereocenters. The van der Waals surface area contributed by atoms with Gasteiger partial charge in [-0.05, 0) is 30.3 Å². The van der Waals surface area contributed by atoms with Gasteiger partial charge in [0, 0.05) is 16.7 Å². The van der Waals surface area contributed by atoms with E-state index in [4.69, 9.17) is 39.5 Å². The number of hydrogen-bond acceptors (Lipinski definition) is 5. The predicted octanol–water partition coefficient (Wildman–Crippen LogP) is 4.59. The van der Waals surface area contributed by atoms with E-state index in [1.54, 1.807) is 0 Å². The van der Waals surface area contributed by atoms with E-state index in [9.17, 15) is 19.7 Å². The molecule has 2 aromatic carbocycles. The Morgan fingerprint density at radius 2 is 1.75 bits per heavy atom. The fourth-order valence-corrected chi connectivity index (χ4v) is 2.49. The minimum Gasteiger partial charge on any atom is -0.454 e. The van der Waals surface area contributed by atoms with Crippen molar-refractivity contribution in [1.82, 2.24) is 0 Å². The zero-order valence-corrected chi connectivity index (χ0v) is 14.1. The van der Waals surface area contributed by atoms with Crippen LogP contribution in [0.15, 0.2) is 36.4 Å². The van der Waals surface area contributed by atoms with Crippen LogP contribution in [0, 0.1) is 10.1 Å². The number of benzene rings is 2. The molecule has 0 fully saturated rings. The Hall–Kier alpha value is -2.15. The van der Waals surface area contributed by atoms with Crippen LogP contribution in [-0.4, -0.2) is 23.3 Å². The molecule has 0 aliphatic carbocycles. The van der Waals surface area contributed by atoms with Crippen molar-refractivity contribution in [2.45, 2.75) is 0 Å².